The van der Waals surface area contributed by atoms with E-state index in [4.69, 9.17) is 14.6 Å². The number of carboxylic acids is 1. The van der Waals surface area contributed by atoms with E-state index in [0.717, 1.165) is 0 Å². The maximum absolute atomic E-state index is 10.9. The average Bonchev–Trinajstić information content (AvgIpc) is 2.70. The van der Waals surface area contributed by atoms with Gasteiger partial charge < -0.3 is 19.7 Å². The number of fused-ring (bicyclic) bond motifs is 1. The highest BCUT2D eigenvalue weighted by molar-refractivity contribution is 9.10. The standard InChI is InChI=1S/C10H9BrO5/c1-4(10(13)14)5-2-6-9(16-3-15-6)7(11)8(5)12/h2,4,12H,3H2,1H3,(H,13,14). The average molecular weight is 289 g/mol. The van der Waals surface area contributed by atoms with Crippen molar-refractivity contribution in [3.8, 4) is 17.2 Å². The molecule has 1 aromatic rings. The van der Waals surface area contributed by atoms with Crippen molar-refractivity contribution >= 4 is 21.9 Å². The highest BCUT2D eigenvalue weighted by Crippen LogP contribution is 2.47. The third kappa shape index (κ3) is 1.59. The van der Waals surface area contributed by atoms with Crippen molar-refractivity contribution < 1.29 is 24.5 Å². The van der Waals surface area contributed by atoms with Gasteiger partial charge in [0.15, 0.2) is 11.5 Å². The lowest BCUT2D eigenvalue weighted by molar-refractivity contribution is -0.138. The fourth-order valence-corrected chi connectivity index (χ4v) is 2.01. The number of hydrogen-bond donors (Lipinski definition) is 2. The number of phenolic OH excluding ortho intramolecular Hbond substituents is 1. The van der Waals surface area contributed by atoms with E-state index >= 15 is 0 Å². The number of carboxylic acid groups (broad SMARTS) is 1. The summed E-state index contributed by atoms with van der Waals surface area (Å²) in [5.74, 6) is -1.11. The van der Waals surface area contributed by atoms with Crippen LogP contribution in [0.1, 0.15) is 18.4 Å². The van der Waals surface area contributed by atoms with Crippen LogP contribution in [0.4, 0.5) is 0 Å². The smallest absolute Gasteiger partial charge is 0.310 e. The van der Waals surface area contributed by atoms with Crippen LogP contribution in [0.5, 0.6) is 17.2 Å². The molecule has 6 heteroatoms. The molecule has 0 amide bonds. The minimum absolute atomic E-state index is 0.0677. The zero-order chi connectivity index (χ0) is 11.9. The van der Waals surface area contributed by atoms with Gasteiger partial charge in [0.2, 0.25) is 6.79 Å². The van der Waals surface area contributed by atoms with Crippen LogP contribution in [0.25, 0.3) is 0 Å². The summed E-state index contributed by atoms with van der Waals surface area (Å²) in [6.07, 6.45) is 0. The molecule has 2 N–H and O–H groups in total. The second-order valence-corrected chi connectivity index (χ2v) is 4.22. The van der Waals surface area contributed by atoms with Crippen LogP contribution in [0.3, 0.4) is 0 Å². The number of halogens is 1. The summed E-state index contributed by atoms with van der Waals surface area (Å²) in [6, 6.07) is 1.49. The Balaban J connectivity index is 2.56. The number of rotatable bonds is 2. The molecule has 1 unspecified atom stereocenters. The van der Waals surface area contributed by atoms with Crippen LogP contribution in [-0.2, 0) is 4.79 Å². The van der Waals surface area contributed by atoms with Gasteiger partial charge in [0.25, 0.3) is 0 Å². The number of benzene rings is 1. The van der Waals surface area contributed by atoms with E-state index < -0.39 is 11.9 Å². The van der Waals surface area contributed by atoms with E-state index in [2.05, 4.69) is 15.9 Å². The lowest BCUT2D eigenvalue weighted by atomic mass is 10.00. The van der Waals surface area contributed by atoms with E-state index in [0.29, 0.717) is 21.5 Å². The summed E-state index contributed by atoms with van der Waals surface area (Å²) >= 11 is 3.15. The van der Waals surface area contributed by atoms with Gasteiger partial charge in [-0.25, -0.2) is 0 Å². The van der Waals surface area contributed by atoms with Gasteiger partial charge in [0.05, 0.1) is 5.92 Å². The Labute approximate surface area is 99.7 Å². The predicted molar refractivity (Wildman–Crippen MR) is 58.0 cm³/mol. The zero-order valence-electron chi connectivity index (χ0n) is 8.36. The molecule has 16 heavy (non-hydrogen) atoms. The number of aromatic hydroxyl groups is 1. The number of hydrogen-bond acceptors (Lipinski definition) is 4. The molecule has 1 aliphatic heterocycles. The molecule has 1 aliphatic rings. The van der Waals surface area contributed by atoms with Gasteiger partial charge >= 0.3 is 5.97 Å². The Hall–Kier alpha value is -1.43. The number of phenols is 1. The van der Waals surface area contributed by atoms with Gasteiger partial charge in [-0.2, -0.15) is 0 Å². The first kappa shape index (κ1) is 11.1. The van der Waals surface area contributed by atoms with Crippen molar-refractivity contribution in [1.29, 1.82) is 0 Å². The molecule has 0 aliphatic carbocycles. The topological polar surface area (TPSA) is 76.0 Å². The van der Waals surface area contributed by atoms with Crippen LogP contribution in [0.15, 0.2) is 10.5 Å². The fourth-order valence-electron chi connectivity index (χ4n) is 1.47. The Morgan fingerprint density at radius 3 is 2.88 bits per heavy atom. The van der Waals surface area contributed by atoms with Gasteiger partial charge in [-0.1, -0.05) is 0 Å². The van der Waals surface area contributed by atoms with Gasteiger partial charge in [0, 0.05) is 5.56 Å². The Kier molecular flexibility index (Phi) is 2.67. The molecule has 0 saturated carbocycles. The first-order valence-corrected chi connectivity index (χ1v) is 5.35. The van der Waals surface area contributed by atoms with Crippen LogP contribution >= 0.6 is 15.9 Å². The molecule has 0 saturated heterocycles. The van der Waals surface area contributed by atoms with Gasteiger partial charge in [-0.15, -0.1) is 0 Å². The molecule has 2 rings (SSSR count). The lowest BCUT2D eigenvalue weighted by Gasteiger charge is -2.12. The fraction of sp³-hybridized carbons (Fsp3) is 0.300. The Morgan fingerprint density at radius 2 is 2.25 bits per heavy atom. The summed E-state index contributed by atoms with van der Waals surface area (Å²) in [5.41, 5.74) is 0.295. The van der Waals surface area contributed by atoms with Crippen molar-refractivity contribution in [1.82, 2.24) is 0 Å². The summed E-state index contributed by atoms with van der Waals surface area (Å²) in [7, 11) is 0. The maximum Gasteiger partial charge on any atom is 0.310 e. The third-order valence-corrected chi connectivity index (χ3v) is 3.18. The van der Waals surface area contributed by atoms with Gasteiger partial charge in [-0.05, 0) is 28.9 Å². The minimum atomic E-state index is -1.01. The number of ether oxygens (including phenoxy) is 2. The van der Waals surface area contributed by atoms with Crippen molar-refractivity contribution in [2.24, 2.45) is 0 Å². The molecular formula is C10H9BrO5. The Morgan fingerprint density at radius 1 is 1.56 bits per heavy atom. The molecule has 0 fully saturated rings. The Bertz CT molecular complexity index is 457. The second kappa shape index (κ2) is 3.86. The summed E-state index contributed by atoms with van der Waals surface area (Å²) in [6.45, 7) is 1.56. The normalized spacial score (nSPS) is 14.9. The minimum Gasteiger partial charge on any atom is -0.506 e. The van der Waals surface area contributed by atoms with E-state index in [9.17, 15) is 9.90 Å². The van der Waals surface area contributed by atoms with Crippen LogP contribution in [0.2, 0.25) is 0 Å². The molecule has 86 valence electrons. The predicted octanol–water partition coefficient (Wildman–Crippen LogP) is 2.07. The SMILES string of the molecule is CC(C(=O)O)c1cc2c(c(Br)c1O)OCO2. The molecule has 0 radical (unpaired) electrons. The highest BCUT2D eigenvalue weighted by Gasteiger charge is 2.27. The van der Waals surface area contributed by atoms with Crippen molar-refractivity contribution in [2.45, 2.75) is 12.8 Å². The first-order chi connectivity index (χ1) is 7.52. The number of carbonyl (C=O) groups is 1. The van der Waals surface area contributed by atoms with Crippen LogP contribution < -0.4 is 9.47 Å². The first-order valence-electron chi connectivity index (χ1n) is 4.56. The quantitative estimate of drug-likeness (QED) is 0.871. The monoisotopic (exact) mass is 288 g/mol. The molecule has 5 nitrogen and oxygen atoms in total. The molecular weight excluding hydrogens is 280 g/mol. The van der Waals surface area contributed by atoms with Crippen LogP contribution in [-0.4, -0.2) is 23.0 Å². The summed E-state index contributed by atoms with van der Waals surface area (Å²) in [4.78, 5) is 10.9. The molecule has 1 aromatic carbocycles. The molecule has 0 spiro atoms. The molecule has 1 heterocycles. The van der Waals surface area contributed by atoms with E-state index in [-0.39, 0.29) is 12.5 Å². The third-order valence-electron chi connectivity index (χ3n) is 2.45. The summed E-state index contributed by atoms with van der Waals surface area (Å²) < 4.78 is 10.6. The number of aliphatic carboxylic acids is 1. The molecule has 1 atom stereocenters. The van der Waals surface area contributed by atoms with Crippen molar-refractivity contribution in [2.75, 3.05) is 6.79 Å². The van der Waals surface area contributed by atoms with Crippen molar-refractivity contribution in [3.05, 3.63) is 16.1 Å². The van der Waals surface area contributed by atoms with E-state index in [1.807, 2.05) is 0 Å². The maximum atomic E-state index is 10.9. The summed E-state index contributed by atoms with van der Waals surface area (Å²) in [5, 5.41) is 18.7. The van der Waals surface area contributed by atoms with Gasteiger partial charge in [-0.3, -0.25) is 4.79 Å². The molecule has 0 aromatic heterocycles. The van der Waals surface area contributed by atoms with E-state index in [1.54, 1.807) is 0 Å². The van der Waals surface area contributed by atoms with Gasteiger partial charge in [0.1, 0.15) is 10.2 Å². The van der Waals surface area contributed by atoms with Crippen molar-refractivity contribution in [3.63, 3.8) is 0 Å². The zero-order valence-corrected chi connectivity index (χ0v) is 9.94. The lowest BCUT2D eigenvalue weighted by Crippen LogP contribution is -2.07. The second-order valence-electron chi connectivity index (χ2n) is 3.42. The van der Waals surface area contributed by atoms with Crippen LogP contribution in [0, 0.1) is 0 Å². The molecule has 0 bridgehead atoms. The van der Waals surface area contributed by atoms with E-state index in [1.165, 1.54) is 13.0 Å². The largest absolute Gasteiger partial charge is 0.506 e. The highest BCUT2D eigenvalue weighted by atomic mass is 79.9.